The molecule has 0 radical (unpaired) electrons. The monoisotopic (exact) mass is 584 g/mol. The number of thiazole rings is 1. The second kappa shape index (κ2) is 11.5. The number of carbonyl (C=O) groups excluding carboxylic acids is 1. The summed E-state index contributed by atoms with van der Waals surface area (Å²) in [5.74, 6) is 1.25. The van der Waals surface area contributed by atoms with Crippen LogP contribution in [0.1, 0.15) is 44.9 Å². The lowest BCUT2D eigenvalue weighted by molar-refractivity contribution is -0.139. The van der Waals surface area contributed by atoms with Gasteiger partial charge in [0, 0.05) is 10.0 Å². The number of rotatable bonds is 8. The molecule has 4 rings (SSSR count). The number of carbonyl (C=O) groups is 1. The number of hydrogen-bond acceptors (Lipinski definition) is 7. The summed E-state index contributed by atoms with van der Waals surface area (Å²) in [6.07, 6.45) is 1.83. The first-order chi connectivity index (χ1) is 17.7. The number of hydrogen-bond donors (Lipinski definition) is 0. The van der Waals surface area contributed by atoms with Gasteiger partial charge in [-0.15, -0.1) is 0 Å². The molecular weight excluding hydrogens is 556 g/mol. The third kappa shape index (κ3) is 5.72. The summed E-state index contributed by atoms with van der Waals surface area (Å²) in [6, 6.07) is 12.4. The molecule has 0 amide bonds. The third-order valence-electron chi connectivity index (χ3n) is 5.76. The Bertz CT molecular complexity index is 1520. The van der Waals surface area contributed by atoms with E-state index >= 15 is 0 Å². The molecule has 0 saturated carbocycles. The summed E-state index contributed by atoms with van der Waals surface area (Å²) >= 11 is 4.80. The summed E-state index contributed by atoms with van der Waals surface area (Å²) in [5.41, 5.74) is 2.09. The van der Waals surface area contributed by atoms with Gasteiger partial charge in [-0.2, -0.15) is 0 Å². The standard InChI is InChI=1S/C28H29BrN2O5S/c1-6-35-27(33)24-17(4)30-28-31(25(24)21-14-19(29)9-12-22(21)34-5)26(32)23(37-28)13-18-7-10-20(11-8-18)36-15-16(2)3/h7-14,16,25H,6,15H2,1-5H3/b23-13-/t25-/m1/s1. The summed E-state index contributed by atoms with van der Waals surface area (Å²) < 4.78 is 19.6. The van der Waals surface area contributed by atoms with Gasteiger partial charge in [0.25, 0.3) is 5.56 Å². The van der Waals surface area contributed by atoms with E-state index in [1.165, 1.54) is 11.3 Å². The van der Waals surface area contributed by atoms with Gasteiger partial charge >= 0.3 is 5.97 Å². The topological polar surface area (TPSA) is 79.1 Å². The molecule has 0 bridgehead atoms. The fraction of sp³-hybridized carbons (Fsp3) is 0.321. The zero-order chi connectivity index (χ0) is 26.7. The first-order valence-corrected chi connectivity index (χ1v) is 13.6. The molecule has 0 spiro atoms. The number of ether oxygens (including phenoxy) is 3. The van der Waals surface area contributed by atoms with Crippen LogP contribution in [0.5, 0.6) is 11.5 Å². The van der Waals surface area contributed by atoms with Gasteiger partial charge in [-0.1, -0.05) is 53.2 Å². The highest BCUT2D eigenvalue weighted by molar-refractivity contribution is 9.10. The van der Waals surface area contributed by atoms with Gasteiger partial charge in [0.1, 0.15) is 17.5 Å². The molecule has 0 fully saturated rings. The van der Waals surface area contributed by atoms with Crippen LogP contribution in [0.3, 0.4) is 0 Å². The summed E-state index contributed by atoms with van der Waals surface area (Å²) in [5, 5.41) is 0. The SMILES string of the molecule is CCOC(=O)C1=C(C)N=c2s/c(=C\c3ccc(OCC(C)C)cc3)c(=O)n2[C@@H]1c1cc(Br)ccc1OC. The Labute approximate surface area is 227 Å². The molecule has 0 saturated heterocycles. The van der Waals surface area contributed by atoms with Crippen LogP contribution in [0, 0.1) is 5.92 Å². The van der Waals surface area contributed by atoms with Crippen molar-refractivity contribution in [3.63, 3.8) is 0 Å². The molecule has 7 nitrogen and oxygen atoms in total. The molecule has 0 aliphatic carbocycles. The van der Waals surface area contributed by atoms with Crippen LogP contribution in [0.15, 0.2) is 68.0 Å². The van der Waals surface area contributed by atoms with Crippen molar-refractivity contribution in [1.82, 2.24) is 4.57 Å². The number of fused-ring (bicyclic) bond motifs is 1. The van der Waals surface area contributed by atoms with Crippen LogP contribution in [-0.4, -0.2) is 30.9 Å². The van der Waals surface area contributed by atoms with E-state index in [0.717, 1.165) is 15.8 Å². The maximum atomic E-state index is 13.8. The van der Waals surface area contributed by atoms with E-state index < -0.39 is 12.0 Å². The van der Waals surface area contributed by atoms with E-state index in [2.05, 4.69) is 34.8 Å². The van der Waals surface area contributed by atoms with E-state index in [4.69, 9.17) is 14.2 Å². The number of benzene rings is 2. The van der Waals surface area contributed by atoms with Gasteiger partial charge in [-0.05, 0) is 61.7 Å². The lowest BCUT2D eigenvalue weighted by atomic mass is 9.95. The number of nitrogens with zero attached hydrogens (tertiary/aromatic N) is 2. The van der Waals surface area contributed by atoms with Gasteiger partial charge < -0.3 is 14.2 Å². The van der Waals surface area contributed by atoms with Crippen LogP contribution in [0.4, 0.5) is 0 Å². The number of methoxy groups -OCH3 is 1. The Morgan fingerprint density at radius 2 is 1.95 bits per heavy atom. The lowest BCUT2D eigenvalue weighted by Crippen LogP contribution is -2.40. The van der Waals surface area contributed by atoms with Crippen molar-refractivity contribution in [2.75, 3.05) is 20.3 Å². The molecule has 1 aromatic heterocycles. The van der Waals surface area contributed by atoms with Crippen molar-refractivity contribution in [2.24, 2.45) is 10.9 Å². The molecule has 37 heavy (non-hydrogen) atoms. The van der Waals surface area contributed by atoms with Crippen LogP contribution in [0.25, 0.3) is 6.08 Å². The van der Waals surface area contributed by atoms with Gasteiger partial charge in [0.15, 0.2) is 4.80 Å². The first kappa shape index (κ1) is 26.9. The molecule has 194 valence electrons. The smallest absolute Gasteiger partial charge is 0.338 e. The fourth-order valence-corrected chi connectivity index (χ4v) is 5.50. The second-order valence-electron chi connectivity index (χ2n) is 8.96. The average Bonchev–Trinajstić information content (AvgIpc) is 3.17. The van der Waals surface area contributed by atoms with Crippen molar-refractivity contribution in [2.45, 2.75) is 33.7 Å². The Morgan fingerprint density at radius 1 is 1.22 bits per heavy atom. The zero-order valence-electron chi connectivity index (χ0n) is 21.4. The second-order valence-corrected chi connectivity index (χ2v) is 10.9. The molecule has 2 heterocycles. The number of esters is 1. The van der Waals surface area contributed by atoms with Crippen LogP contribution < -0.4 is 24.4 Å². The largest absolute Gasteiger partial charge is 0.496 e. The highest BCUT2D eigenvalue weighted by Crippen LogP contribution is 2.37. The third-order valence-corrected chi connectivity index (χ3v) is 7.24. The number of allylic oxidation sites excluding steroid dienone is 1. The van der Waals surface area contributed by atoms with Gasteiger partial charge in [0.2, 0.25) is 0 Å². The van der Waals surface area contributed by atoms with Crippen LogP contribution in [0.2, 0.25) is 0 Å². The minimum absolute atomic E-state index is 0.208. The molecule has 1 aliphatic heterocycles. The van der Waals surface area contributed by atoms with Crippen molar-refractivity contribution < 1.29 is 19.0 Å². The van der Waals surface area contributed by atoms with E-state index in [1.807, 2.05) is 42.5 Å². The summed E-state index contributed by atoms with van der Waals surface area (Å²) in [7, 11) is 1.56. The lowest BCUT2D eigenvalue weighted by Gasteiger charge is -2.26. The number of halogens is 1. The average molecular weight is 586 g/mol. The van der Waals surface area contributed by atoms with Crippen LogP contribution in [-0.2, 0) is 9.53 Å². The van der Waals surface area contributed by atoms with Crippen molar-refractivity contribution in [3.05, 3.63) is 89.0 Å². The van der Waals surface area contributed by atoms with Crippen molar-refractivity contribution >= 4 is 39.3 Å². The molecule has 0 unspecified atom stereocenters. The van der Waals surface area contributed by atoms with E-state index in [1.54, 1.807) is 31.6 Å². The maximum Gasteiger partial charge on any atom is 0.338 e. The Kier molecular flexibility index (Phi) is 8.34. The normalized spacial score (nSPS) is 15.4. The predicted molar refractivity (Wildman–Crippen MR) is 148 cm³/mol. The van der Waals surface area contributed by atoms with E-state index in [0.29, 0.717) is 44.4 Å². The number of aromatic nitrogens is 1. The summed E-state index contributed by atoms with van der Waals surface area (Å²) in [6.45, 7) is 8.55. The molecule has 0 N–H and O–H groups in total. The molecular formula is C28H29BrN2O5S. The van der Waals surface area contributed by atoms with E-state index in [9.17, 15) is 9.59 Å². The fourth-order valence-electron chi connectivity index (χ4n) is 4.08. The highest BCUT2D eigenvalue weighted by Gasteiger charge is 2.35. The van der Waals surface area contributed by atoms with Crippen molar-refractivity contribution in [1.29, 1.82) is 0 Å². The van der Waals surface area contributed by atoms with E-state index in [-0.39, 0.29) is 12.2 Å². The molecule has 3 aromatic rings. The van der Waals surface area contributed by atoms with Gasteiger partial charge in [0.05, 0.1) is 36.1 Å². The Morgan fingerprint density at radius 3 is 2.59 bits per heavy atom. The molecule has 1 atom stereocenters. The highest BCUT2D eigenvalue weighted by atomic mass is 79.9. The Hall–Kier alpha value is -3.17. The predicted octanol–water partition coefficient (Wildman–Crippen LogP) is 4.60. The van der Waals surface area contributed by atoms with Crippen molar-refractivity contribution in [3.8, 4) is 11.5 Å². The molecule has 1 aliphatic rings. The van der Waals surface area contributed by atoms with Crippen LogP contribution >= 0.6 is 27.3 Å². The van der Waals surface area contributed by atoms with Gasteiger partial charge in [-0.3, -0.25) is 9.36 Å². The van der Waals surface area contributed by atoms with Gasteiger partial charge in [-0.25, -0.2) is 9.79 Å². The minimum atomic E-state index is -0.753. The first-order valence-electron chi connectivity index (χ1n) is 12.0. The molecule has 9 heteroatoms. The molecule has 2 aromatic carbocycles. The summed E-state index contributed by atoms with van der Waals surface area (Å²) in [4.78, 5) is 32.0. The maximum absolute atomic E-state index is 13.8. The quantitative estimate of drug-likeness (QED) is 0.361. The zero-order valence-corrected chi connectivity index (χ0v) is 23.8. The Balaban J connectivity index is 1.86. The minimum Gasteiger partial charge on any atom is -0.496 e.